The van der Waals surface area contributed by atoms with Crippen LogP contribution in [0.1, 0.15) is 129 Å². The van der Waals surface area contributed by atoms with E-state index in [1.54, 1.807) is 0 Å². The summed E-state index contributed by atoms with van der Waals surface area (Å²) in [6, 6.07) is 9.50. The van der Waals surface area contributed by atoms with Crippen LogP contribution in [0, 0.1) is 0 Å². The molecule has 1 aromatic rings. The van der Waals surface area contributed by atoms with Crippen LogP contribution in [0.15, 0.2) is 30.3 Å². The van der Waals surface area contributed by atoms with E-state index in [1.165, 1.54) is 96.3 Å². The van der Waals surface area contributed by atoms with Crippen molar-refractivity contribution in [3.8, 4) is 0 Å². The predicted molar refractivity (Wildman–Crippen MR) is 134 cm³/mol. The van der Waals surface area contributed by atoms with Crippen LogP contribution >= 0.6 is 0 Å². The molecule has 0 fully saturated rings. The molecule has 1 aromatic carbocycles. The van der Waals surface area contributed by atoms with Gasteiger partial charge in [-0.3, -0.25) is 4.79 Å². The number of hydrogen-bond donors (Lipinski definition) is 2. The number of amides is 1. The molecule has 0 bridgehead atoms. The number of carbonyl (C=O) groups excluding carboxylic acids is 1. The Labute approximate surface area is 192 Å². The Hall–Kier alpha value is -1.35. The first-order valence-corrected chi connectivity index (χ1v) is 13.3. The van der Waals surface area contributed by atoms with Gasteiger partial charge in [-0.15, -0.1) is 0 Å². The molecule has 1 atom stereocenters. The molecular weight excluding hydrogens is 382 g/mol. The second kappa shape index (κ2) is 20.5. The summed E-state index contributed by atoms with van der Waals surface area (Å²) in [5.74, 6) is -0.0165. The minimum Gasteiger partial charge on any atom is -0.393 e. The van der Waals surface area contributed by atoms with Crippen LogP contribution in [0.3, 0.4) is 0 Å². The fraction of sp³-hybridized carbons (Fsp3) is 0.750. The highest BCUT2D eigenvalue weighted by molar-refractivity contribution is 5.90. The van der Waals surface area contributed by atoms with E-state index in [4.69, 9.17) is 0 Å². The Kier molecular flexibility index (Phi) is 18.3. The Balaban J connectivity index is 1.80. The number of carbonyl (C=O) groups is 1. The van der Waals surface area contributed by atoms with E-state index in [0.29, 0.717) is 12.8 Å². The largest absolute Gasteiger partial charge is 0.393 e. The second-order valence-corrected chi connectivity index (χ2v) is 9.20. The quantitative estimate of drug-likeness (QED) is 0.192. The van der Waals surface area contributed by atoms with Gasteiger partial charge in [0.15, 0.2) is 0 Å². The standard InChI is InChI=1S/C28H49NO2/c1-2-3-4-5-6-7-8-9-10-11-12-13-14-15-16-20-23-27(30)24-25-28(31)29-26-21-18-17-19-22-26/h17-19,21-22,27,30H,2-16,20,23-25H2,1H3,(H,29,31). The number of aliphatic hydroxyl groups excluding tert-OH is 1. The summed E-state index contributed by atoms with van der Waals surface area (Å²) in [5, 5.41) is 13.0. The van der Waals surface area contributed by atoms with Crippen LogP contribution in [0.4, 0.5) is 5.69 Å². The third-order valence-electron chi connectivity index (χ3n) is 6.15. The van der Waals surface area contributed by atoms with Crippen molar-refractivity contribution in [2.45, 2.75) is 135 Å². The molecular formula is C28H49NO2. The van der Waals surface area contributed by atoms with E-state index in [-0.39, 0.29) is 12.0 Å². The molecule has 3 nitrogen and oxygen atoms in total. The Bertz CT molecular complexity index is 517. The number of anilines is 1. The highest BCUT2D eigenvalue weighted by atomic mass is 16.3. The Morgan fingerprint density at radius 2 is 1.16 bits per heavy atom. The third-order valence-corrected chi connectivity index (χ3v) is 6.15. The molecule has 178 valence electrons. The number of aliphatic hydroxyl groups is 1. The number of nitrogens with one attached hydrogen (secondary N) is 1. The molecule has 0 aliphatic rings. The van der Waals surface area contributed by atoms with Gasteiger partial charge in [-0.1, -0.05) is 128 Å². The molecule has 0 aromatic heterocycles. The Morgan fingerprint density at radius 3 is 1.65 bits per heavy atom. The van der Waals surface area contributed by atoms with Gasteiger partial charge in [0.05, 0.1) is 6.10 Å². The van der Waals surface area contributed by atoms with Crippen molar-refractivity contribution >= 4 is 11.6 Å². The number of hydrogen-bond acceptors (Lipinski definition) is 2. The van der Waals surface area contributed by atoms with Crippen LogP contribution in [0.25, 0.3) is 0 Å². The highest BCUT2D eigenvalue weighted by Gasteiger charge is 2.08. The van der Waals surface area contributed by atoms with Gasteiger partial charge < -0.3 is 10.4 Å². The molecule has 0 aliphatic heterocycles. The molecule has 3 heteroatoms. The van der Waals surface area contributed by atoms with Crippen molar-refractivity contribution < 1.29 is 9.90 Å². The van der Waals surface area contributed by atoms with Crippen molar-refractivity contribution in [1.29, 1.82) is 0 Å². The first-order valence-electron chi connectivity index (χ1n) is 13.3. The van der Waals surface area contributed by atoms with Gasteiger partial charge in [0.25, 0.3) is 0 Å². The van der Waals surface area contributed by atoms with Gasteiger partial charge in [-0.2, -0.15) is 0 Å². The zero-order chi connectivity index (χ0) is 22.4. The van der Waals surface area contributed by atoms with Crippen LogP contribution < -0.4 is 5.32 Å². The van der Waals surface area contributed by atoms with Gasteiger partial charge in [0.1, 0.15) is 0 Å². The molecule has 0 heterocycles. The molecule has 1 unspecified atom stereocenters. The lowest BCUT2D eigenvalue weighted by molar-refractivity contribution is -0.116. The molecule has 0 saturated carbocycles. The normalized spacial score (nSPS) is 12.1. The lowest BCUT2D eigenvalue weighted by Crippen LogP contribution is -2.15. The van der Waals surface area contributed by atoms with Gasteiger partial charge in [-0.25, -0.2) is 0 Å². The average Bonchev–Trinajstić information content (AvgIpc) is 2.78. The summed E-state index contributed by atoms with van der Waals surface area (Å²) in [6.07, 6.45) is 23.2. The fourth-order valence-electron chi connectivity index (χ4n) is 4.12. The van der Waals surface area contributed by atoms with Crippen molar-refractivity contribution in [1.82, 2.24) is 0 Å². The van der Waals surface area contributed by atoms with Crippen molar-refractivity contribution in [3.05, 3.63) is 30.3 Å². The van der Waals surface area contributed by atoms with E-state index >= 15 is 0 Å². The molecule has 0 saturated heterocycles. The summed E-state index contributed by atoms with van der Waals surface area (Å²) >= 11 is 0. The molecule has 0 radical (unpaired) electrons. The van der Waals surface area contributed by atoms with Crippen molar-refractivity contribution in [3.63, 3.8) is 0 Å². The fourth-order valence-corrected chi connectivity index (χ4v) is 4.12. The minimum atomic E-state index is -0.354. The summed E-state index contributed by atoms with van der Waals surface area (Å²) < 4.78 is 0. The van der Waals surface area contributed by atoms with E-state index in [9.17, 15) is 9.90 Å². The maximum absolute atomic E-state index is 11.9. The molecule has 1 rings (SSSR count). The van der Waals surface area contributed by atoms with Crippen LogP contribution in [-0.2, 0) is 4.79 Å². The lowest BCUT2D eigenvalue weighted by atomic mass is 10.0. The summed E-state index contributed by atoms with van der Waals surface area (Å²) in [5.41, 5.74) is 0.819. The van der Waals surface area contributed by atoms with Crippen LogP contribution in [0.5, 0.6) is 0 Å². The van der Waals surface area contributed by atoms with Crippen LogP contribution in [-0.4, -0.2) is 17.1 Å². The SMILES string of the molecule is CCCCCCCCCCCCCCCCCCC(O)CCC(=O)Nc1ccccc1. The maximum Gasteiger partial charge on any atom is 0.224 e. The number of rotatable bonds is 21. The Morgan fingerprint density at radius 1 is 0.710 bits per heavy atom. The van der Waals surface area contributed by atoms with Crippen molar-refractivity contribution in [2.75, 3.05) is 5.32 Å². The van der Waals surface area contributed by atoms with Gasteiger partial charge in [0, 0.05) is 12.1 Å². The molecule has 2 N–H and O–H groups in total. The second-order valence-electron chi connectivity index (χ2n) is 9.20. The van der Waals surface area contributed by atoms with E-state index < -0.39 is 0 Å². The lowest BCUT2D eigenvalue weighted by Gasteiger charge is -2.10. The molecule has 0 aliphatic carbocycles. The van der Waals surface area contributed by atoms with E-state index in [2.05, 4.69) is 12.2 Å². The smallest absolute Gasteiger partial charge is 0.224 e. The monoisotopic (exact) mass is 431 g/mol. The van der Waals surface area contributed by atoms with Gasteiger partial charge in [0.2, 0.25) is 5.91 Å². The predicted octanol–water partition coefficient (Wildman–Crippen LogP) is 8.42. The summed E-state index contributed by atoms with van der Waals surface area (Å²) in [4.78, 5) is 11.9. The highest BCUT2D eigenvalue weighted by Crippen LogP contribution is 2.15. The van der Waals surface area contributed by atoms with E-state index in [1.807, 2.05) is 30.3 Å². The number of para-hydroxylation sites is 1. The zero-order valence-electron chi connectivity index (χ0n) is 20.3. The minimum absolute atomic E-state index is 0.0165. The molecule has 0 spiro atoms. The summed E-state index contributed by atoms with van der Waals surface area (Å²) in [6.45, 7) is 2.28. The molecule has 1 amide bonds. The summed E-state index contributed by atoms with van der Waals surface area (Å²) in [7, 11) is 0. The van der Waals surface area contributed by atoms with E-state index in [0.717, 1.165) is 18.5 Å². The number of benzene rings is 1. The first-order chi connectivity index (χ1) is 15.2. The first kappa shape index (κ1) is 27.7. The average molecular weight is 432 g/mol. The maximum atomic E-state index is 11.9. The number of unbranched alkanes of at least 4 members (excludes halogenated alkanes) is 15. The molecule has 31 heavy (non-hydrogen) atoms. The third kappa shape index (κ3) is 18.0. The zero-order valence-corrected chi connectivity index (χ0v) is 20.3. The van der Waals surface area contributed by atoms with Gasteiger partial charge in [-0.05, 0) is 25.0 Å². The van der Waals surface area contributed by atoms with Gasteiger partial charge >= 0.3 is 0 Å². The van der Waals surface area contributed by atoms with Crippen molar-refractivity contribution in [2.24, 2.45) is 0 Å². The van der Waals surface area contributed by atoms with Crippen LogP contribution in [0.2, 0.25) is 0 Å². The topological polar surface area (TPSA) is 49.3 Å².